The van der Waals surface area contributed by atoms with E-state index < -0.39 is 6.10 Å². The van der Waals surface area contributed by atoms with Gasteiger partial charge >= 0.3 is 0 Å². The van der Waals surface area contributed by atoms with Crippen molar-refractivity contribution in [1.82, 2.24) is 0 Å². The van der Waals surface area contributed by atoms with E-state index in [9.17, 15) is 0 Å². The van der Waals surface area contributed by atoms with Gasteiger partial charge in [-0.25, -0.2) is 0 Å². The van der Waals surface area contributed by atoms with Gasteiger partial charge in [-0.1, -0.05) is 6.07 Å². The predicted molar refractivity (Wildman–Crippen MR) is 66.3 cm³/mol. The maximum absolute atomic E-state index is 9.13. The van der Waals surface area contributed by atoms with Gasteiger partial charge in [0.2, 0.25) is 0 Å². The zero-order valence-corrected chi connectivity index (χ0v) is 10.5. The Labute approximate surface area is 107 Å². The first-order chi connectivity index (χ1) is 8.67. The molecule has 1 atom stereocenters. The van der Waals surface area contributed by atoms with Gasteiger partial charge in [0, 0.05) is 0 Å². The van der Waals surface area contributed by atoms with Gasteiger partial charge in [-0.3, -0.25) is 0 Å². The van der Waals surface area contributed by atoms with Gasteiger partial charge in [0.05, 0.1) is 32.5 Å². The lowest BCUT2D eigenvalue weighted by atomic mass is 10.1. The summed E-state index contributed by atoms with van der Waals surface area (Å²) in [4.78, 5) is 0. The van der Waals surface area contributed by atoms with Crippen LogP contribution in [0.5, 0.6) is 5.75 Å². The highest BCUT2D eigenvalue weighted by molar-refractivity contribution is 5.34. The molecule has 0 amide bonds. The molecule has 0 aliphatic heterocycles. The van der Waals surface area contributed by atoms with Crippen LogP contribution < -0.4 is 4.74 Å². The Balaban J connectivity index is 2.38. The van der Waals surface area contributed by atoms with Crippen LogP contribution in [-0.4, -0.2) is 41.2 Å². The third kappa shape index (κ3) is 5.01. The molecule has 0 heterocycles. The Morgan fingerprint density at radius 1 is 1.11 bits per heavy atom. The number of hydrogen-bond acceptors (Lipinski definition) is 5. The van der Waals surface area contributed by atoms with E-state index in [1.165, 1.54) is 0 Å². The summed E-state index contributed by atoms with van der Waals surface area (Å²) in [6.07, 6.45) is -0.477. The van der Waals surface area contributed by atoms with E-state index in [0.29, 0.717) is 30.1 Å². The minimum Gasteiger partial charge on any atom is -0.491 e. The molecule has 1 aromatic rings. The molecule has 0 aliphatic carbocycles. The number of aliphatic hydroxyl groups is 3. The number of rotatable bonds is 8. The van der Waals surface area contributed by atoms with Crippen molar-refractivity contribution in [2.45, 2.75) is 26.2 Å². The van der Waals surface area contributed by atoms with Crippen molar-refractivity contribution in [3.05, 3.63) is 29.3 Å². The third-order valence-electron chi connectivity index (χ3n) is 2.37. The number of ether oxygens (including phenoxy) is 2. The molecule has 5 nitrogen and oxygen atoms in total. The predicted octanol–water partition coefficient (Wildman–Crippen LogP) is 0.447. The molecule has 0 spiro atoms. The first kappa shape index (κ1) is 14.9. The summed E-state index contributed by atoms with van der Waals surface area (Å²) in [7, 11) is 0. The molecule has 0 radical (unpaired) electrons. The Kier molecular flexibility index (Phi) is 6.67. The average Bonchev–Trinajstić information content (AvgIpc) is 2.37. The van der Waals surface area contributed by atoms with Crippen LogP contribution in [0.4, 0.5) is 0 Å². The number of hydrogen-bond donors (Lipinski definition) is 3. The summed E-state index contributed by atoms with van der Waals surface area (Å²) < 4.78 is 10.6. The summed E-state index contributed by atoms with van der Waals surface area (Å²) >= 11 is 0. The topological polar surface area (TPSA) is 79.2 Å². The lowest BCUT2D eigenvalue weighted by Crippen LogP contribution is -2.14. The van der Waals surface area contributed by atoms with Gasteiger partial charge in [0.1, 0.15) is 12.4 Å². The molecule has 0 saturated carbocycles. The SMILES string of the molecule is CC(O)COCCOc1ccc(CO)c(CO)c1. The number of benzene rings is 1. The van der Waals surface area contributed by atoms with Crippen molar-refractivity contribution < 1.29 is 24.8 Å². The molecule has 1 rings (SSSR count). The highest BCUT2D eigenvalue weighted by Gasteiger charge is 2.03. The molecule has 18 heavy (non-hydrogen) atoms. The zero-order chi connectivity index (χ0) is 13.4. The molecule has 0 aromatic heterocycles. The zero-order valence-electron chi connectivity index (χ0n) is 10.5. The molecule has 0 fully saturated rings. The van der Waals surface area contributed by atoms with E-state index in [-0.39, 0.29) is 19.8 Å². The Bertz CT molecular complexity index is 351. The molecule has 0 aliphatic rings. The first-order valence-electron chi connectivity index (χ1n) is 5.89. The quantitative estimate of drug-likeness (QED) is 0.588. The lowest BCUT2D eigenvalue weighted by Gasteiger charge is -2.11. The van der Waals surface area contributed by atoms with Crippen LogP contribution >= 0.6 is 0 Å². The van der Waals surface area contributed by atoms with E-state index in [1.54, 1.807) is 25.1 Å². The minimum atomic E-state index is -0.477. The molecule has 0 saturated heterocycles. The maximum Gasteiger partial charge on any atom is 0.119 e. The van der Waals surface area contributed by atoms with Gasteiger partial charge < -0.3 is 24.8 Å². The van der Waals surface area contributed by atoms with E-state index in [0.717, 1.165) is 0 Å². The molecule has 0 bridgehead atoms. The van der Waals surface area contributed by atoms with E-state index in [2.05, 4.69) is 0 Å². The van der Waals surface area contributed by atoms with E-state index >= 15 is 0 Å². The molecular weight excluding hydrogens is 236 g/mol. The third-order valence-corrected chi connectivity index (χ3v) is 2.37. The van der Waals surface area contributed by atoms with Gasteiger partial charge in [0.25, 0.3) is 0 Å². The molecule has 1 unspecified atom stereocenters. The monoisotopic (exact) mass is 256 g/mol. The second-order valence-corrected chi connectivity index (χ2v) is 4.02. The number of aliphatic hydroxyl groups excluding tert-OH is 3. The van der Waals surface area contributed by atoms with Crippen LogP contribution in [0.1, 0.15) is 18.1 Å². The van der Waals surface area contributed by atoms with Gasteiger partial charge in [0.15, 0.2) is 0 Å². The standard InChI is InChI=1S/C13H20O5/c1-10(16)9-17-4-5-18-13-3-2-11(7-14)12(6-13)8-15/h2-3,6,10,14-16H,4-5,7-9H2,1H3. The normalized spacial score (nSPS) is 12.4. The second kappa shape index (κ2) is 8.05. The van der Waals surface area contributed by atoms with Crippen molar-refractivity contribution in [2.24, 2.45) is 0 Å². The Morgan fingerprint density at radius 2 is 1.83 bits per heavy atom. The second-order valence-electron chi connectivity index (χ2n) is 4.02. The molecular formula is C13H20O5. The van der Waals surface area contributed by atoms with Crippen LogP contribution in [0.25, 0.3) is 0 Å². The van der Waals surface area contributed by atoms with Crippen molar-refractivity contribution in [1.29, 1.82) is 0 Å². The fourth-order valence-electron chi connectivity index (χ4n) is 1.47. The van der Waals surface area contributed by atoms with Crippen molar-refractivity contribution >= 4 is 0 Å². The fourth-order valence-corrected chi connectivity index (χ4v) is 1.47. The summed E-state index contributed by atoms with van der Waals surface area (Å²) in [6, 6.07) is 5.15. The molecule has 5 heteroatoms. The maximum atomic E-state index is 9.13. The van der Waals surface area contributed by atoms with E-state index in [4.69, 9.17) is 24.8 Å². The summed E-state index contributed by atoms with van der Waals surface area (Å²) in [5.74, 6) is 0.622. The lowest BCUT2D eigenvalue weighted by molar-refractivity contribution is 0.0329. The van der Waals surface area contributed by atoms with Gasteiger partial charge in [-0.2, -0.15) is 0 Å². The van der Waals surface area contributed by atoms with Crippen molar-refractivity contribution in [3.8, 4) is 5.75 Å². The Morgan fingerprint density at radius 3 is 2.44 bits per heavy atom. The van der Waals surface area contributed by atoms with Crippen molar-refractivity contribution in [3.63, 3.8) is 0 Å². The van der Waals surface area contributed by atoms with Gasteiger partial charge in [-0.15, -0.1) is 0 Å². The largest absolute Gasteiger partial charge is 0.491 e. The molecule has 1 aromatic carbocycles. The molecule has 102 valence electrons. The van der Waals surface area contributed by atoms with Crippen LogP contribution in [0, 0.1) is 0 Å². The van der Waals surface area contributed by atoms with Crippen LogP contribution in [-0.2, 0) is 18.0 Å². The smallest absolute Gasteiger partial charge is 0.119 e. The van der Waals surface area contributed by atoms with E-state index in [1.807, 2.05) is 0 Å². The summed E-state index contributed by atoms with van der Waals surface area (Å²) in [6.45, 7) is 2.47. The Hall–Kier alpha value is -1.14. The van der Waals surface area contributed by atoms with Crippen LogP contribution in [0.15, 0.2) is 18.2 Å². The average molecular weight is 256 g/mol. The highest BCUT2D eigenvalue weighted by Crippen LogP contribution is 2.18. The van der Waals surface area contributed by atoms with Crippen LogP contribution in [0.2, 0.25) is 0 Å². The minimum absolute atomic E-state index is 0.103. The van der Waals surface area contributed by atoms with Gasteiger partial charge in [-0.05, 0) is 30.2 Å². The van der Waals surface area contributed by atoms with Crippen molar-refractivity contribution in [2.75, 3.05) is 19.8 Å². The highest BCUT2D eigenvalue weighted by atomic mass is 16.5. The fraction of sp³-hybridized carbons (Fsp3) is 0.538. The molecule has 3 N–H and O–H groups in total. The van der Waals surface area contributed by atoms with Crippen LogP contribution in [0.3, 0.4) is 0 Å². The first-order valence-corrected chi connectivity index (χ1v) is 5.89. The summed E-state index contributed by atoms with van der Waals surface area (Å²) in [5, 5.41) is 27.1. The summed E-state index contributed by atoms with van der Waals surface area (Å²) in [5.41, 5.74) is 1.34.